The molecule has 0 aromatic heterocycles. The summed E-state index contributed by atoms with van der Waals surface area (Å²) < 4.78 is 38.2. The summed E-state index contributed by atoms with van der Waals surface area (Å²) in [6.45, 7) is 6.48. The third-order valence-electron chi connectivity index (χ3n) is 4.89. The van der Waals surface area contributed by atoms with Gasteiger partial charge in [-0.05, 0) is 36.4 Å². The third kappa shape index (κ3) is 4.95. The van der Waals surface area contributed by atoms with Crippen LogP contribution in [0.5, 0.6) is 5.75 Å². The standard InChI is InChI=1S/C21H25ClN2O5S/c1-3-24(4-2)30(26,27)18-8-9-20(23-10-12-28-13-11-23)19(15-18)21(25)29-17-7-5-6-16(22)14-17/h5-9,14-15H,3-4,10-13H2,1-2H3. The van der Waals surface area contributed by atoms with Crippen molar-refractivity contribution in [3.63, 3.8) is 0 Å². The molecule has 1 fully saturated rings. The van der Waals surface area contributed by atoms with Crippen molar-refractivity contribution in [3.05, 3.63) is 53.1 Å². The van der Waals surface area contributed by atoms with E-state index in [1.807, 2.05) is 4.90 Å². The van der Waals surface area contributed by atoms with Crippen molar-refractivity contribution < 1.29 is 22.7 Å². The van der Waals surface area contributed by atoms with Gasteiger partial charge in [-0.1, -0.05) is 31.5 Å². The van der Waals surface area contributed by atoms with E-state index in [-0.39, 0.29) is 16.2 Å². The van der Waals surface area contributed by atoms with E-state index in [4.69, 9.17) is 21.1 Å². The minimum Gasteiger partial charge on any atom is -0.423 e. The Bertz CT molecular complexity index is 1000. The fourth-order valence-corrected chi connectivity index (χ4v) is 4.99. The summed E-state index contributed by atoms with van der Waals surface area (Å²) >= 11 is 5.98. The van der Waals surface area contributed by atoms with Crippen LogP contribution in [0, 0.1) is 0 Å². The summed E-state index contributed by atoms with van der Waals surface area (Å²) in [5, 5.41) is 0.437. The molecule has 0 N–H and O–H groups in total. The van der Waals surface area contributed by atoms with Gasteiger partial charge in [0.1, 0.15) is 5.75 Å². The molecule has 0 bridgehead atoms. The number of halogens is 1. The van der Waals surface area contributed by atoms with Gasteiger partial charge in [0.25, 0.3) is 0 Å². The predicted molar refractivity (Wildman–Crippen MR) is 116 cm³/mol. The van der Waals surface area contributed by atoms with Gasteiger partial charge < -0.3 is 14.4 Å². The van der Waals surface area contributed by atoms with Crippen LogP contribution in [0.15, 0.2) is 47.4 Å². The molecule has 162 valence electrons. The molecular weight excluding hydrogens is 428 g/mol. The number of benzene rings is 2. The molecular formula is C21H25ClN2O5S. The first kappa shape index (κ1) is 22.6. The molecule has 0 saturated carbocycles. The molecule has 2 aromatic rings. The maximum absolute atomic E-state index is 13.0. The first-order valence-corrected chi connectivity index (χ1v) is 11.6. The van der Waals surface area contributed by atoms with E-state index >= 15 is 0 Å². The van der Waals surface area contributed by atoms with E-state index in [1.54, 1.807) is 38.1 Å². The second-order valence-electron chi connectivity index (χ2n) is 6.71. The van der Waals surface area contributed by atoms with Crippen molar-refractivity contribution in [1.82, 2.24) is 4.31 Å². The largest absolute Gasteiger partial charge is 0.423 e. The van der Waals surface area contributed by atoms with Gasteiger partial charge in [0.2, 0.25) is 10.0 Å². The first-order chi connectivity index (χ1) is 14.4. The van der Waals surface area contributed by atoms with E-state index in [0.29, 0.717) is 50.1 Å². The molecule has 0 radical (unpaired) electrons. The summed E-state index contributed by atoms with van der Waals surface area (Å²) in [4.78, 5) is 15.1. The minimum atomic E-state index is -3.72. The molecule has 2 aromatic carbocycles. The van der Waals surface area contributed by atoms with E-state index in [2.05, 4.69) is 0 Å². The summed E-state index contributed by atoms with van der Waals surface area (Å²) in [6, 6.07) is 11.1. The van der Waals surface area contributed by atoms with Gasteiger partial charge in [-0.15, -0.1) is 0 Å². The minimum absolute atomic E-state index is 0.0567. The van der Waals surface area contributed by atoms with Gasteiger partial charge in [-0.3, -0.25) is 0 Å². The lowest BCUT2D eigenvalue weighted by Gasteiger charge is -2.30. The average Bonchev–Trinajstić information content (AvgIpc) is 2.74. The van der Waals surface area contributed by atoms with Crippen LogP contribution >= 0.6 is 11.6 Å². The lowest BCUT2D eigenvalue weighted by molar-refractivity contribution is 0.0734. The van der Waals surface area contributed by atoms with Crippen LogP contribution in [0.25, 0.3) is 0 Å². The van der Waals surface area contributed by atoms with E-state index in [0.717, 1.165) is 0 Å². The Hall–Kier alpha value is -2.13. The van der Waals surface area contributed by atoms with Gasteiger partial charge in [0, 0.05) is 31.2 Å². The Balaban J connectivity index is 2.02. The molecule has 30 heavy (non-hydrogen) atoms. The van der Waals surface area contributed by atoms with E-state index in [1.165, 1.54) is 22.5 Å². The van der Waals surface area contributed by atoms with Crippen LogP contribution in [0.1, 0.15) is 24.2 Å². The predicted octanol–water partition coefficient (Wildman–Crippen LogP) is 3.43. The summed E-state index contributed by atoms with van der Waals surface area (Å²) in [5.74, 6) is -0.354. The van der Waals surface area contributed by atoms with Gasteiger partial charge in [0.15, 0.2) is 0 Å². The lowest BCUT2D eigenvalue weighted by Crippen LogP contribution is -2.37. The van der Waals surface area contributed by atoms with E-state index in [9.17, 15) is 13.2 Å². The zero-order chi connectivity index (χ0) is 21.7. The number of hydrogen-bond acceptors (Lipinski definition) is 6. The molecule has 1 saturated heterocycles. The Morgan fingerprint density at radius 3 is 2.47 bits per heavy atom. The van der Waals surface area contributed by atoms with Gasteiger partial charge in [0.05, 0.1) is 29.4 Å². The highest BCUT2D eigenvalue weighted by Crippen LogP contribution is 2.28. The van der Waals surface area contributed by atoms with Crippen molar-refractivity contribution in [1.29, 1.82) is 0 Å². The van der Waals surface area contributed by atoms with Crippen LogP contribution in [0.4, 0.5) is 5.69 Å². The topological polar surface area (TPSA) is 76.2 Å². The Labute approximate surface area is 182 Å². The first-order valence-electron chi connectivity index (χ1n) is 9.81. The van der Waals surface area contributed by atoms with Crippen molar-refractivity contribution in [3.8, 4) is 5.75 Å². The molecule has 3 rings (SSSR count). The zero-order valence-electron chi connectivity index (χ0n) is 17.0. The number of rotatable bonds is 7. The third-order valence-corrected chi connectivity index (χ3v) is 7.17. The van der Waals surface area contributed by atoms with Gasteiger partial charge in [-0.2, -0.15) is 4.31 Å². The van der Waals surface area contributed by atoms with Crippen LogP contribution in [-0.4, -0.2) is 58.1 Å². The molecule has 0 aliphatic carbocycles. The van der Waals surface area contributed by atoms with Crippen molar-refractivity contribution in [2.24, 2.45) is 0 Å². The summed E-state index contributed by atoms with van der Waals surface area (Å²) in [7, 11) is -3.72. The average molecular weight is 453 g/mol. The van der Waals surface area contributed by atoms with Crippen LogP contribution in [0.2, 0.25) is 5.02 Å². The Kier molecular flexibility index (Phi) is 7.36. The molecule has 0 spiro atoms. The van der Waals surface area contributed by atoms with Crippen LogP contribution in [-0.2, 0) is 14.8 Å². The highest BCUT2D eigenvalue weighted by atomic mass is 35.5. The maximum Gasteiger partial charge on any atom is 0.345 e. The van der Waals surface area contributed by atoms with E-state index < -0.39 is 16.0 Å². The molecule has 0 amide bonds. The summed E-state index contributed by atoms with van der Waals surface area (Å²) in [6.07, 6.45) is 0. The molecule has 7 nitrogen and oxygen atoms in total. The van der Waals surface area contributed by atoms with Crippen LogP contribution < -0.4 is 9.64 Å². The number of sulfonamides is 1. The smallest absolute Gasteiger partial charge is 0.345 e. The Morgan fingerprint density at radius 2 is 1.83 bits per heavy atom. The molecule has 0 atom stereocenters. The quantitative estimate of drug-likeness (QED) is 0.473. The second-order valence-corrected chi connectivity index (χ2v) is 9.09. The fraction of sp³-hybridized carbons (Fsp3) is 0.381. The highest BCUT2D eigenvalue weighted by Gasteiger charge is 2.27. The second kappa shape index (κ2) is 9.78. The number of carbonyl (C=O) groups excluding carboxylic acids is 1. The fourth-order valence-electron chi connectivity index (χ4n) is 3.32. The lowest BCUT2D eigenvalue weighted by atomic mass is 10.1. The number of hydrogen-bond donors (Lipinski definition) is 0. The number of anilines is 1. The van der Waals surface area contributed by atoms with Gasteiger partial charge >= 0.3 is 5.97 Å². The number of nitrogens with zero attached hydrogens (tertiary/aromatic N) is 2. The molecule has 1 heterocycles. The van der Waals surface area contributed by atoms with Crippen molar-refractivity contribution in [2.75, 3.05) is 44.3 Å². The Morgan fingerprint density at radius 1 is 1.13 bits per heavy atom. The number of carbonyl (C=O) groups is 1. The number of esters is 1. The maximum atomic E-state index is 13.0. The molecule has 0 unspecified atom stereocenters. The summed E-state index contributed by atoms with van der Waals surface area (Å²) in [5.41, 5.74) is 0.800. The molecule has 1 aliphatic rings. The van der Waals surface area contributed by atoms with Crippen molar-refractivity contribution >= 4 is 33.3 Å². The zero-order valence-corrected chi connectivity index (χ0v) is 18.6. The normalized spacial score (nSPS) is 14.7. The monoisotopic (exact) mass is 452 g/mol. The number of morpholine rings is 1. The number of ether oxygens (including phenoxy) is 2. The van der Waals surface area contributed by atoms with Gasteiger partial charge in [-0.25, -0.2) is 13.2 Å². The van der Waals surface area contributed by atoms with Crippen molar-refractivity contribution in [2.45, 2.75) is 18.7 Å². The van der Waals surface area contributed by atoms with Crippen LogP contribution in [0.3, 0.4) is 0 Å². The highest BCUT2D eigenvalue weighted by molar-refractivity contribution is 7.89. The SMILES string of the molecule is CCN(CC)S(=O)(=O)c1ccc(N2CCOCC2)c(C(=O)Oc2cccc(Cl)c2)c1. The molecule has 1 aliphatic heterocycles. The molecule has 9 heteroatoms.